The summed E-state index contributed by atoms with van der Waals surface area (Å²) in [5.74, 6) is 0.706. The van der Waals surface area contributed by atoms with E-state index in [0.29, 0.717) is 6.61 Å². The minimum Gasteiger partial charge on any atom is -0.479 e. The predicted octanol–water partition coefficient (Wildman–Crippen LogP) is 1.39. The van der Waals surface area contributed by atoms with Crippen LogP contribution in [0.15, 0.2) is 4.99 Å². The van der Waals surface area contributed by atoms with Gasteiger partial charge in [0.25, 0.3) is 0 Å². The molecule has 1 aliphatic rings. The largest absolute Gasteiger partial charge is 0.479 e. The molecule has 0 N–H and O–H groups in total. The Morgan fingerprint density at radius 2 is 2.31 bits per heavy atom. The summed E-state index contributed by atoms with van der Waals surface area (Å²) >= 11 is 0. The maximum Gasteiger partial charge on any atom is 0.302 e. The van der Waals surface area contributed by atoms with Crippen molar-refractivity contribution in [2.45, 2.75) is 27.2 Å². The molecule has 0 saturated carbocycles. The molecule has 1 aliphatic heterocycles. The van der Waals surface area contributed by atoms with Crippen LogP contribution in [0.1, 0.15) is 27.2 Å². The van der Waals surface area contributed by atoms with Crippen LogP contribution in [-0.2, 0) is 14.3 Å². The molecule has 76 valence electrons. The standard InChI is InChI=1S/C5H9NO.C4H8O2/c1-2-5-6-3-4-7-5;1-3-6-4(2)5/h2-4H2,1H3;3H2,1-2H3. The van der Waals surface area contributed by atoms with E-state index in [0.717, 1.165) is 25.5 Å². The van der Waals surface area contributed by atoms with Gasteiger partial charge in [0.15, 0.2) is 5.90 Å². The third-order valence-corrected chi connectivity index (χ3v) is 1.30. The molecule has 0 amide bonds. The number of nitrogens with zero attached hydrogens (tertiary/aromatic N) is 1. The van der Waals surface area contributed by atoms with Crippen LogP contribution in [0.5, 0.6) is 0 Å². The van der Waals surface area contributed by atoms with Crippen molar-refractivity contribution in [1.29, 1.82) is 0 Å². The fraction of sp³-hybridized carbons (Fsp3) is 0.778. The summed E-state index contributed by atoms with van der Waals surface area (Å²) in [5, 5.41) is 0. The molecule has 1 heterocycles. The fourth-order valence-corrected chi connectivity index (χ4v) is 0.797. The molecule has 0 aromatic rings. The lowest BCUT2D eigenvalue weighted by molar-refractivity contribution is -0.140. The summed E-state index contributed by atoms with van der Waals surface area (Å²) in [5.41, 5.74) is 0. The van der Waals surface area contributed by atoms with Crippen molar-refractivity contribution >= 4 is 11.9 Å². The summed E-state index contributed by atoms with van der Waals surface area (Å²) in [6, 6.07) is 0. The van der Waals surface area contributed by atoms with Gasteiger partial charge in [-0.15, -0.1) is 0 Å². The average molecular weight is 187 g/mol. The van der Waals surface area contributed by atoms with E-state index in [-0.39, 0.29) is 5.97 Å². The lowest BCUT2D eigenvalue weighted by Gasteiger charge is -1.91. The van der Waals surface area contributed by atoms with Crippen molar-refractivity contribution < 1.29 is 14.3 Å². The van der Waals surface area contributed by atoms with Gasteiger partial charge in [-0.3, -0.25) is 9.79 Å². The number of rotatable bonds is 2. The normalized spacial score (nSPS) is 13.6. The first-order valence-corrected chi connectivity index (χ1v) is 4.50. The van der Waals surface area contributed by atoms with Gasteiger partial charge in [-0.1, -0.05) is 6.92 Å². The molecule has 0 saturated heterocycles. The van der Waals surface area contributed by atoms with E-state index in [1.54, 1.807) is 6.92 Å². The first-order chi connectivity index (χ1) is 6.20. The number of esters is 1. The number of aliphatic imine (C=N–C) groups is 1. The second-order valence-corrected chi connectivity index (χ2v) is 2.40. The number of ether oxygens (including phenoxy) is 2. The van der Waals surface area contributed by atoms with Crippen LogP contribution in [0.2, 0.25) is 0 Å². The van der Waals surface area contributed by atoms with Crippen LogP contribution in [0.4, 0.5) is 0 Å². The first kappa shape index (κ1) is 11.9. The highest BCUT2D eigenvalue weighted by Gasteiger charge is 2.01. The zero-order valence-corrected chi connectivity index (χ0v) is 8.50. The Bertz CT molecular complexity index is 178. The number of carbonyl (C=O) groups is 1. The van der Waals surface area contributed by atoms with Gasteiger partial charge in [-0.2, -0.15) is 0 Å². The quantitative estimate of drug-likeness (QED) is 0.614. The zero-order chi connectivity index (χ0) is 10.1. The summed E-state index contributed by atoms with van der Waals surface area (Å²) in [7, 11) is 0. The molecule has 0 aromatic carbocycles. The molecule has 0 atom stereocenters. The molecule has 0 spiro atoms. The third-order valence-electron chi connectivity index (χ3n) is 1.30. The van der Waals surface area contributed by atoms with Crippen molar-refractivity contribution in [2.75, 3.05) is 19.8 Å². The van der Waals surface area contributed by atoms with Gasteiger partial charge >= 0.3 is 5.97 Å². The molecule has 0 unspecified atom stereocenters. The van der Waals surface area contributed by atoms with Crippen LogP contribution < -0.4 is 0 Å². The summed E-state index contributed by atoms with van der Waals surface area (Å²) in [6.45, 7) is 7.36. The van der Waals surface area contributed by atoms with E-state index >= 15 is 0 Å². The van der Waals surface area contributed by atoms with Crippen LogP contribution in [-0.4, -0.2) is 31.6 Å². The van der Waals surface area contributed by atoms with E-state index < -0.39 is 0 Å². The van der Waals surface area contributed by atoms with Gasteiger partial charge < -0.3 is 9.47 Å². The molecule has 0 aliphatic carbocycles. The molecule has 4 nitrogen and oxygen atoms in total. The maximum atomic E-state index is 9.82. The van der Waals surface area contributed by atoms with E-state index in [1.807, 2.05) is 6.92 Å². The second kappa shape index (κ2) is 7.58. The summed E-state index contributed by atoms with van der Waals surface area (Å²) < 4.78 is 9.45. The highest BCUT2D eigenvalue weighted by atomic mass is 16.5. The highest BCUT2D eigenvalue weighted by molar-refractivity contribution is 5.76. The molecular formula is C9H17NO3. The van der Waals surface area contributed by atoms with Crippen LogP contribution in [0.3, 0.4) is 0 Å². The molecule has 4 heteroatoms. The van der Waals surface area contributed by atoms with Crippen molar-refractivity contribution in [1.82, 2.24) is 0 Å². The lowest BCUT2D eigenvalue weighted by atomic mass is 10.5. The molecule has 0 fully saturated rings. The van der Waals surface area contributed by atoms with Gasteiger partial charge in [-0.05, 0) is 6.92 Å². The van der Waals surface area contributed by atoms with Crippen molar-refractivity contribution in [2.24, 2.45) is 4.99 Å². The Balaban J connectivity index is 0.000000226. The molecule has 0 radical (unpaired) electrons. The monoisotopic (exact) mass is 187 g/mol. The Morgan fingerprint density at radius 3 is 2.46 bits per heavy atom. The van der Waals surface area contributed by atoms with Crippen molar-refractivity contribution in [3.63, 3.8) is 0 Å². The van der Waals surface area contributed by atoms with Crippen molar-refractivity contribution in [3.05, 3.63) is 0 Å². The van der Waals surface area contributed by atoms with Crippen LogP contribution in [0.25, 0.3) is 0 Å². The lowest BCUT2D eigenvalue weighted by Crippen LogP contribution is -1.95. The molecule has 1 rings (SSSR count). The molecular weight excluding hydrogens is 170 g/mol. The number of hydrogen-bond donors (Lipinski definition) is 0. The first-order valence-electron chi connectivity index (χ1n) is 4.50. The Morgan fingerprint density at radius 1 is 1.62 bits per heavy atom. The smallest absolute Gasteiger partial charge is 0.302 e. The van der Waals surface area contributed by atoms with Gasteiger partial charge in [0.2, 0.25) is 0 Å². The Kier molecular flexibility index (Phi) is 6.96. The van der Waals surface area contributed by atoms with E-state index in [4.69, 9.17) is 4.74 Å². The molecule has 0 bridgehead atoms. The van der Waals surface area contributed by atoms with Gasteiger partial charge in [-0.25, -0.2) is 0 Å². The predicted molar refractivity (Wildman–Crippen MR) is 50.9 cm³/mol. The van der Waals surface area contributed by atoms with Gasteiger partial charge in [0.1, 0.15) is 6.61 Å². The third kappa shape index (κ3) is 7.31. The second-order valence-electron chi connectivity index (χ2n) is 2.40. The van der Waals surface area contributed by atoms with E-state index in [2.05, 4.69) is 9.73 Å². The summed E-state index contributed by atoms with van der Waals surface area (Å²) in [4.78, 5) is 13.9. The van der Waals surface area contributed by atoms with E-state index in [1.165, 1.54) is 6.92 Å². The average Bonchev–Trinajstić information content (AvgIpc) is 2.56. The van der Waals surface area contributed by atoms with Crippen molar-refractivity contribution in [3.8, 4) is 0 Å². The number of hydrogen-bond acceptors (Lipinski definition) is 4. The Hall–Kier alpha value is -1.06. The van der Waals surface area contributed by atoms with Crippen LogP contribution >= 0.6 is 0 Å². The SMILES string of the molecule is CCC1=NCCO1.CCOC(C)=O. The fourth-order valence-electron chi connectivity index (χ4n) is 0.797. The van der Waals surface area contributed by atoms with E-state index in [9.17, 15) is 4.79 Å². The minimum absolute atomic E-state index is 0.211. The Labute approximate surface area is 78.9 Å². The van der Waals surface area contributed by atoms with Crippen LogP contribution in [0, 0.1) is 0 Å². The summed E-state index contributed by atoms with van der Waals surface area (Å²) in [6.07, 6.45) is 0.944. The van der Waals surface area contributed by atoms with Gasteiger partial charge in [0.05, 0.1) is 13.2 Å². The maximum absolute atomic E-state index is 9.82. The zero-order valence-electron chi connectivity index (χ0n) is 8.50. The highest BCUT2D eigenvalue weighted by Crippen LogP contribution is 1.95. The van der Waals surface area contributed by atoms with Gasteiger partial charge in [0, 0.05) is 13.3 Å². The minimum atomic E-state index is -0.211. The topological polar surface area (TPSA) is 47.9 Å². The molecule has 0 aromatic heterocycles. The number of carbonyl (C=O) groups excluding carboxylic acids is 1. The molecule has 13 heavy (non-hydrogen) atoms.